The molecule has 0 saturated heterocycles. The molecule has 7 nitrogen and oxygen atoms in total. The maximum absolute atomic E-state index is 10.5. The Morgan fingerprint density at radius 2 is 2.36 bits per heavy atom. The lowest BCUT2D eigenvalue weighted by Crippen LogP contribution is -2.19. The second-order valence-electron chi connectivity index (χ2n) is 3.30. The molecule has 1 heterocycles. The third kappa shape index (κ3) is 2.67. The van der Waals surface area contributed by atoms with E-state index >= 15 is 0 Å². The topological polar surface area (TPSA) is 100 Å². The van der Waals surface area contributed by atoms with Gasteiger partial charge in [0.05, 0.1) is 6.20 Å². The van der Waals surface area contributed by atoms with E-state index in [1.165, 1.54) is 19.0 Å². The molecule has 1 fully saturated rings. The van der Waals surface area contributed by atoms with Crippen LogP contribution in [0.1, 0.15) is 12.8 Å². The summed E-state index contributed by atoms with van der Waals surface area (Å²) in [5.41, 5.74) is 0. The Labute approximate surface area is 81.1 Å². The van der Waals surface area contributed by atoms with Gasteiger partial charge in [-0.25, -0.2) is 4.68 Å². The molecule has 14 heavy (non-hydrogen) atoms. The molecule has 0 atom stereocenters. The van der Waals surface area contributed by atoms with Crippen LogP contribution in [-0.2, 0) is 16.8 Å². The summed E-state index contributed by atoms with van der Waals surface area (Å²) in [6.45, 7) is 0.751. The number of hydrogen-bond acceptors (Lipinski definition) is 5. The van der Waals surface area contributed by atoms with Crippen molar-refractivity contribution in [1.82, 2.24) is 15.0 Å². The van der Waals surface area contributed by atoms with Crippen molar-refractivity contribution >= 4 is 10.3 Å². The van der Waals surface area contributed by atoms with Gasteiger partial charge in [-0.15, -0.1) is 0 Å². The van der Waals surface area contributed by atoms with Gasteiger partial charge in [0.2, 0.25) is 0 Å². The monoisotopic (exact) mass is 218 g/mol. The van der Waals surface area contributed by atoms with Gasteiger partial charge in [0.25, 0.3) is 5.88 Å². The van der Waals surface area contributed by atoms with Crippen molar-refractivity contribution in [3.05, 3.63) is 6.20 Å². The summed E-state index contributed by atoms with van der Waals surface area (Å²) in [5.74, 6) is 0.548. The van der Waals surface area contributed by atoms with Crippen LogP contribution in [0, 0.1) is 5.92 Å². The molecule has 0 unspecified atom stereocenters. The summed E-state index contributed by atoms with van der Waals surface area (Å²) < 4.78 is 26.9. The molecular formula is C6H10N4O3S. The van der Waals surface area contributed by atoms with E-state index in [1.54, 1.807) is 4.68 Å². The summed E-state index contributed by atoms with van der Waals surface area (Å²) in [4.78, 5) is 0. The molecule has 1 saturated carbocycles. The summed E-state index contributed by atoms with van der Waals surface area (Å²) in [6.07, 6.45) is 3.79. The zero-order valence-electron chi connectivity index (χ0n) is 7.33. The molecule has 1 aromatic rings. The predicted molar refractivity (Wildman–Crippen MR) is 46.5 cm³/mol. The van der Waals surface area contributed by atoms with Crippen LogP contribution in [0.15, 0.2) is 6.20 Å². The lowest BCUT2D eigenvalue weighted by atomic mass is 10.4. The van der Waals surface area contributed by atoms with Gasteiger partial charge in [-0.3, -0.25) is 0 Å². The second kappa shape index (κ2) is 3.21. The van der Waals surface area contributed by atoms with E-state index in [2.05, 4.69) is 19.6 Å². The Morgan fingerprint density at radius 3 is 2.93 bits per heavy atom. The summed E-state index contributed by atoms with van der Waals surface area (Å²) >= 11 is 0. The fourth-order valence-corrected chi connectivity index (χ4v) is 1.41. The van der Waals surface area contributed by atoms with Crippen molar-refractivity contribution in [2.24, 2.45) is 11.1 Å². The zero-order valence-corrected chi connectivity index (χ0v) is 8.14. The first-order valence-electron chi connectivity index (χ1n) is 4.15. The lowest BCUT2D eigenvalue weighted by Gasteiger charge is -1.95. The van der Waals surface area contributed by atoms with Crippen LogP contribution in [0.4, 0.5) is 0 Å². The van der Waals surface area contributed by atoms with Crippen LogP contribution < -0.4 is 9.32 Å². The molecule has 1 aliphatic carbocycles. The SMILES string of the molecule is NS(=O)(=O)Oc1cn(CC2CC2)nn1. The van der Waals surface area contributed by atoms with Gasteiger partial charge in [-0.05, 0) is 18.8 Å². The van der Waals surface area contributed by atoms with Crippen LogP contribution >= 0.6 is 0 Å². The Kier molecular flexibility index (Phi) is 2.16. The van der Waals surface area contributed by atoms with Gasteiger partial charge < -0.3 is 4.18 Å². The quantitative estimate of drug-likeness (QED) is 0.718. The summed E-state index contributed by atoms with van der Waals surface area (Å²) in [7, 11) is -3.99. The van der Waals surface area contributed by atoms with E-state index in [0.29, 0.717) is 5.92 Å². The van der Waals surface area contributed by atoms with Crippen molar-refractivity contribution in [3.8, 4) is 5.88 Å². The van der Waals surface area contributed by atoms with E-state index in [-0.39, 0.29) is 5.88 Å². The minimum Gasteiger partial charge on any atom is -0.347 e. The van der Waals surface area contributed by atoms with Crippen LogP contribution in [0.2, 0.25) is 0 Å². The van der Waals surface area contributed by atoms with Crippen molar-refractivity contribution in [2.75, 3.05) is 0 Å². The van der Waals surface area contributed by atoms with E-state index in [1.807, 2.05) is 0 Å². The number of nitrogens with two attached hydrogens (primary N) is 1. The normalized spacial score (nSPS) is 16.9. The average molecular weight is 218 g/mol. The number of hydrogen-bond donors (Lipinski definition) is 1. The molecule has 1 aromatic heterocycles. The highest BCUT2D eigenvalue weighted by Gasteiger charge is 2.22. The molecule has 2 N–H and O–H groups in total. The Balaban J connectivity index is 2.01. The molecule has 0 aliphatic heterocycles. The zero-order chi connectivity index (χ0) is 10.2. The van der Waals surface area contributed by atoms with Crippen LogP contribution in [0.25, 0.3) is 0 Å². The maximum atomic E-state index is 10.5. The molecule has 0 aromatic carbocycles. The minimum atomic E-state index is -3.99. The van der Waals surface area contributed by atoms with Gasteiger partial charge in [0.1, 0.15) is 0 Å². The van der Waals surface area contributed by atoms with Crippen LogP contribution in [0.3, 0.4) is 0 Å². The van der Waals surface area contributed by atoms with Gasteiger partial charge in [-0.2, -0.15) is 13.6 Å². The fraction of sp³-hybridized carbons (Fsp3) is 0.667. The smallest absolute Gasteiger partial charge is 0.347 e. The fourth-order valence-electron chi connectivity index (χ4n) is 1.09. The molecule has 0 spiro atoms. The van der Waals surface area contributed by atoms with E-state index in [0.717, 1.165) is 6.54 Å². The van der Waals surface area contributed by atoms with Gasteiger partial charge in [0, 0.05) is 6.54 Å². The lowest BCUT2D eigenvalue weighted by molar-refractivity contribution is 0.477. The highest BCUT2D eigenvalue weighted by molar-refractivity contribution is 7.84. The molecule has 78 valence electrons. The van der Waals surface area contributed by atoms with Gasteiger partial charge in [-0.1, -0.05) is 10.3 Å². The first kappa shape index (κ1) is 9.41. The van der Waals surface area contributed by atoms with Gasteiger partial charge >= 0.3 is 10.3 Å². The van der Waals surface area contributed by atoms with E-state index in [9.17, 15) is 8.42 Å². The summed E-state index contributed by atoms with van der Waals surface area (Å²) in [6, 6.07) is 0. The predicted octanol–water partition coefficient (Wildman–Crippen LogP) is -0.730. The Bertz CT molecular complexity index is 422. The second-order valence-corrected chi connectivity index (χ2v) is 4.45. The highest BCUT2D eigenvalue weighted by atomic mass is 32.2. The third-order valence-corrected chi connectivity index (χ3v) is 2.26. The molecular weight excluding hydrogens is 208 g/mol. The van der Waals surface area contributed by atoms with E-state index < -0.39 is 10.3 Å². The summed E-state index contributed by atoms with van der Waals surface area (Å²) in [5, 5.41) is 11.9. The highest BCUT2D eigenvalue weighted by Crippen LogP contribution is 2.30. The minimum absolute atomic E-state index is 0.0897. The Morgan fingerprint density at radius 1 is 1.64 bits per heavy atom. The first-order chi connectivity index (χ1) is 6.53. The molecule has 8 heteroatoms. The van der Waals surface area contributed by atoms with Gasteiger partial charge in [0.15, 0.2) is 0 Å². The molecule has 0 amide bonds. The Hall–Kier alpha value is -1.15. The van der Waals surface area contributed by atoms with Crippen LogP contribution in [0.5, 0.6) is 5.88 Å². The van der Waals surface area contributed by atoms with Crippen molar-refractivity contribution in [1.29, 1.82) is 0 Å². The maximum Gasteiger partial charge on any atom is 0.381 e. The van der Waals surface area contributed by atoms with Crippen molar-refractivity contribution in [3.63, 3.8) is 0 Å². The number of nitrogens with zero attached hydrogens (tertiary/aromatic N) is 3. The molecule has 2 rings (SSSR count). The third-order valence-electron chi connectivity index (χ3n) is 1.86. The molecule has 0 bridgehead atoms. The first-order valence-corrected chi connectivity index (χ1v) is 5.62. The standard InChI is InChI=1S/C6H10N4O3S/c7-14(11,12)13-6-4-10(9-8-6)3-5-1-2-5/h4-5H,1-3H2,(H2,7,11,12). The molecule has 0 radical (unpaired) electrons. The van der Waals surface area contributed by atoms with Crippen molar-refractivity contribution < 1.29 is 12.6 Å². The average Bonchev–Trinajstić information content (AvgIpc) is 2.71. The van der Waals surface area contributed by atoms with Crippen LogP contribution in [-0.4, -0.2) is 23.4 Å². The largest absolute Gasteiger partial charge is 0.381 e. The number of aromatic nitrogens is 3. The number of rotatable bonds is 4. The molecule has 1 aliphatic rings. The van der Waals surface area contributed by atoms with Crippen molar-refractivity contribution in [2.45, 2.75) is 19.4 Å². The van der Waals surface area contributed by atoms with E-state index in [4.69, 9.17) is 0 Å².